The van der Waals surface area contributed by atoms with Crippen LogP contribution in [-0.2, 0) is 0 Å². The van der Waals surface area contributed by atoms with Crippen LogP contribution in [0.1, 0.15) is 13.7 Å². The van der Waals surface area contributed by atoms with E-state index < -0.39 is 12.1 Å². The van der Waals surface area contributed by atoms with Gasteiger partial charge < -0.3 is 17.8 Å². The van der Waals surface area contributed by atoms with Crippen LogP contribution in [0.25, 0.3) is 236 Å². The third-order valence-electron chi connectivity index (χ3n) is 22.8. The highest BCUT2D eigenvalue weighted by molar-refractivity contribution is 6.26. The van der Waals surface area contributed by atoms with Crippen LogP contribution in [0.15, 0.2) is 407 Å². The molecule has 0 bridgehead atoms. The standard InChI is InChI=1S/C54H33NO.C54H32O2/c1-2-15-34(16-3-1)52-41-21-6-8-23-43(41)53(44-24-9-7-22-42(44)52)36-31-35-17-4-5-18-38(35)46(32-36)45-25-14-28-51-54(45)47-33-37(29-30-50(47)56-51)55-48-26-12-10-19-39(48)40-20-11-13-27-49(40)55;1-2-14-33(15-3-1)51-40-19-6-8-21-42(40)52(43-22-9-7-20-41(43)51)36-30-34-16-4-5-17-37(34)46(32-36)44-24-13-27-50-53(44)47-31-35(28-29-49(47)55-50)38-23-12-25-45-39-18-10-11-26-48(39)56-54(38)45/h1-33H;1-32H/i1D,2D,3D,15D,16D;1D,2D,3D,14D,15D. The quantitative estimate of drug-likeness (QED) is 0.142. The van der Waals surface area contributed by atoms with E-state index in [1.807, 2.05) is 103 Å². The zero-order chi connectivity index (χ0) is 82.2. The lowest BCUT2D eigenvalue weighted by Crippen LogP contribution is -1.93. The minimum Gasteiger partial charge on any atom is -0.456 e. The molecule has 4 heterocycles. The molecule has 4 heteroatoms. The lowest BCUT2D eigenvalue weighted by Gasteiger charge is -2.19. The van der Waals surface area contributed by atoms with E-state index in [0.717, 1.165) is 203 Å². The Morgan fingerprint density at radius 3 is 1.04 bits per heavy atom. The second kappa shape index (κ2) is 25.4. The predicted molar refractivity (Wildman–Crippen MR) is 472 cm³/mol. The molecule has 112 heavy (non-hydrogen) atoms. The maximum Gasteiger partial charge on any atom is 0.143 e. The summed E-state index contributed by atoms with van der Waals surface area (Å²) in [5.74, 6) is 0. The number of fused-ring (bicyclic) bond motifs is 18. The molecule has 520 valence electrons. The zero-order valence-electron chi connectivity index (χ0n) is 69.9. The van der Waals surface area contributed by atoms with Crippen molar-refractivity contribution < 1.29 is 27.0 Å². The van der Waals surface area contributed by atoms with E-state index in [1.165, 1.54) is 10.8 Å². The van der Waals surface area contributed by atoms with Crippen LogP contribution in [0.2, 0.25) is 0 Å². The average molecular weight is 1430 g/mol. The minimum absolute atomic E-state index is 0.193. The fourth-order valence-electron chi connectivity index (χ4n) is 18.1. The molecule has 0 aliphatic carbocycles. The summed E-state index contributed by atoms with van der Waals surface area (Å²) in [5, 5.41) is 19.9. The van der Waals surface area contributed by atoms with Crippen LogP contribution >= 0.6 is 0 Å². The first kappa shape index (κ1) is 53.9. The largest absolute Gasteiger partial charge is 0.456 e. The highest BCUT2D eigenvalue weighted by Crippen LogP contribution is 2.51. The van der Waals surface area contributed by atoms with Crippen molar-refractivity contribution in [3.8, 4) is 83.6 Å². The van der Waals surface area contributed by atoms with Crippen molar-refractivity contribution in [1.82, 2.24) is 4.57 Å². The Bertz CT molecular complexity index is 8460. The molecule has 0 aliphatic heterocycles. The summed E-state index contributed by atoms with van der Waals surface area (Å²) in [6.45, 7) is 0. The van der Waals surface area contributed by atoms with Crippen molar-refractivity contribution in [2.45, 2.75) is 0 Å². The summed E-state index contributed by atoms with van der Waals surface area (Å²) in [5.41, 5.74) is 20.2. The third-order valence-corrected chi connectivity index (χ3v) is 22.8. The number of benzene rings is 20. The number of rotatable bonds is 8. The highest BCUT2D eigenvalue weighted by atomic mass is 16.3. The van der Waals surface area contributed by atoms with Crippen molar-refractivity contribution in [3.63, 3.8) is 0 Å². The van der Waals surface area contributed by atoms with E-state index >= 15 is 0 Å². The van der Waals surface area contributed by atoms with Crippen molar-refractivity contribution in [1.29, 1.82) is 0 Å². The number of furan rings is 3. The maximum atomic E-state index is 9.01. The van der Waals surface area contributed by atoms with Gasteiger partial charge in [0.1, 0.15) is 33.5 Å². The van der Waals surface area contributed by atoms with E-state index in [0.29, 0.717) is 11.1 Å². The van der Waals surface area contributed by atoms with Crippen LogP contribution in [0.3, 0.4) is 0 Å². The highest BCUT2D eigenvalue weighted by Gasteiger charge is 2.25. The predicted octanol–water partition coefficient (Wildman–Crippen LogP) is 30.8. The van der Waals surface area contributed by atoms with Gasteiger partial charge in [0, 0.05) is 54.3 Å². The van der Waals surface area contributed by atoms with Gasteiger partial charge >= 0.3 is 0 Å². The monoisotopic (exact) mass is 1430 g/mol. The summed E-state index contributed by atoms with van der Waals surface area (Å²) in [4.78, 5) is 0. The second-order valence-corrected chi connectivity index (χ2v) is 28.8. The summed E-state index contributed by atoms with van der Waals surface area (Å²) in [7, 11) is 0. The van der Waals surface area contributed by atoms with Gasteiger partial charge in [-0.2, -0.15) is 0 Å². The normalized spacial score (nSPS) is 13.2. The first-order chi connectivity index (χ1) is 59.7. The van der Waals surface area contributed by atoms with Crippen LogP contribution < -0.4 is 0 Å². The minimum atomic E-state index is -0.409. The Morgan fingerprint density at radius 2 is 0.562 bits per heavy atom. The Balaban J connectivity index is 0.000000142. The molecule has 0 radical (unpaired) electrons. The summed E-state index contributed by atoms with van der Waals surface area (Å²) < 4.78 is 109. The SMILES string of the molecule is [2H]c1c([2H])c([2H])c(-c2c3ccccc3c(-c3cc(-c4cccc5oc6ccc(-c7cccc8c7oc7ccccc78)cc6c45)c4ccccc4c3)c3ccccc23)c([2H])c1[2H].[2H]c1c([2H])c([2H])c(-c2c3ccccc3c(-c3cc(-c4cccc5oc6ccc(-n7c8ccccc8c8ccccc87)cc6c45)c4ccccc4c3)c3ccccc23)c([2H])c1[2H]. The molecule has 0 spiro atoms. The number of hydrogen-bond donors (Lipinski definition) is 0. The summed E-state index contributed by atoms with van der Waals surface area (Å²) >= 11 is 0. The fourth-order valence-corrected chi connectivity index (χ4v) is 18.1. The molecule has 0 unspecified atom stereocenters. The first-order valence-corrected chi connectivity index (χ1v) is 37.6. The molecular weight excluding hydrogens is 1360 g/mol. The van der Waals surface area contributed by atoms with Crippen molar-refractivity contribution in [2.75, 3.05) is 0 Å². The van der Waals surface area contributed by atoms with E-state index in [1.54, 1.807) is 0 Å². The van der Waals surface area contributed by atoms with Gasteiger partial charge in [0.25, 0.3) is 0 Å². The molecule has 0 saturated carbocycles. The fraction of sp³-hybridized carbons (Fsp3) is 0. The van der Waals surface area contributed by atoms with Gasteiger partial charge in [0.05, 0.1) is 24.7 Å². The van der Waals surface area contributed by atoms with Crippen molar-refractivity contribution in [3.05, 3.63) is 394 Å². The number of aromatic nitrogens is 1. The molecule has 4 aromatic heterocycles. The van der Waals surface area contributed by atoms with Crippen LogP contribution in [0.4, 0.5) is 0 Å². The van der Waals surface area contributed by atoms with E-state index in [-0.39, 0.29) is 59.5 Å². The molecular formula is C108H65NO3. The number of hydrogen-bond acceptors (Lipinski definition) is 3. The van der Waals surface area contributed by atoms with E-state index in [2.05, 4.69) is 235 Å². The Morgan fingerprint density at radius 1 is 0.205 bits per heavy atom. The van der Waals surface area contributed by atoms with Gasteiger partial charge in [-0.15, -0.1) is 0 Å². The topological polar surface area (TPSA) is 44.4 Å². The molecule has 0 N–H and O–H groups in total. The molecule has 0 aliphatic rings. The summed E-state index contributed by atoms with van der Waals surface area (Å²) in [6, 6.07) is 112. The lowest BCUT2D eigenvalue weighted by atomic mass is 9.84. The molecule has 24 aromatic rings. The van der Waals surface area contributed by atoms with Gasteiger partial charge in [-0.05, 0) is 222 Å². The van der Waals surface area contributed by atoms with Gasteiger partial charge in [-0.1, -0.05) is 309 Å². The molecule has 20 aromatic carbocycles. The number of nitrogens with zero attached hydrogens (tertiary/aromatic N) is 1. The average Bonchev–Trinajstić information content (AvgIpc) is 1.08. The molecule has 0 saturated heterocycles. The molecule has 0 fully saturated rings. The lowest BCUT2D eigenvalue weighted by molar-refractivity contribution is 0.668. The Kier molecular flexibility index (Phi) is 12.2. The van der Waals surface area contributed by atoms with Gasteiger partial charge in [0.2, 0.25) is 0 Å². The smallest absolute Gasteiger partial charge is 0.143 e. The van der Waals surface area contributed by atoms with Crippen molar-refractivity contribution >= 4 is 152 Å². The molecule has 0 atom stereocenters. The molecule has 24 rings (SSSR count). The van der Waals surface area contributed by atoms with E-state index in [4.69, 9.17) is 27.0 Å². The second-order valence-electron chi connectivity index (χ2n) is 28.8. The van der Waals surface area contributed by atoms with Crippen LogP contribution in [0.5, 0.6) is 0 Å². The summed E-state index contributed by atoms with van der Waals surface area (Å²) in [6.07, 6.45) is 0. The van der Waals surface area contributed by atoms with Crippen LogP contribution in [-0.4, -0.2) is 4.57 Å². The zero-order valence-corrected chi connectivity index (χ0v) is 59.9. The molecule has 4 nitrogen and oxygen atoms in total. The Hall–Kier alpha value is -14.8. The van der Waals surface area contributed by atoms with Gasteiger partial charge in [-0.3, -0.25) is 0 Å². The van der Waals surface area contributed by atoms with Crippen molar-refractivity contribution in [2.24, 2.45) is 0 Å². The van der Waals surface area contributed by atoms with Gasteiger partial charge in [0.15, 0.2) is 0 Å². The molecule has 0 amide bonds. The van der Waals surface area contributed by atoms with E-state index in [9.17, 15) is 0 Å². The third kappa shape index (κ3) is 9.88. The van der Waals surface area contributed by atoms with Gasteiger partial charge in [-0.25, -0.2) is 0 Å². The maximum absolute atomic E-state index is 9.01. The Labute approximate surface area is 657 Å². The first-order valence-electron chi connectivity index (χ1n) is 42.6. The van der Waals surface area contributed by atoms with Crippen LogP contribution in [0, 0.1) is 0 Å². The number of para-hydroxylation sites is 4.